The van der Waals surface area contributed by atoms with E-state index in [0.29, 0.717) is 23.6 Å². The Morgan fingerprint density at radius 1 is 1.09 bits per heavy atom. The van der Waals surface area contributed by atoms with E-state index in [4.69, 9.17) is 4.74 Å². The fourth-order valence-electron chi connectivity index (χ4n) is 4.49. The van der Waals surface area contributed by atoms with Gasteiger partial charge in [-0.1, -0.05) is 12.1 Å². The van der Waals surface area contributed by atoms with Crippen molar-refractivity contribution >= 4 is 23.2 Å². The summed E-state index contributed by atoms with van der Waals surface area (Å²) in [5.74, 6) is 0.190. The number of hydrogen-bond donors (Lipinski definition) is 2. The summed E-state index contributed by atoms with van der Waals surface area (Å²) in [7, 11) is 0. The monoisotopic (exact) mass is 459 g/mol. The van der Waals surface area contributed by atoms with E-state index in [1.165, 1.54) is 6.07 Å². The maximum Gasteiger partial charge on any atom is 0.254 e. The predicted molar refractivity (Wildman–Crippen MR) is 123 cm³/mol. The average molecular weight is 459 g/mol. The van der Waals surface area contributed by atoms with Gasteiger partial charge in [0.25, 0.3) is 5.91 Å². The van der Waals surface area contributed by atoms with E-state index >= 15 is 0 Å². The van der Waals surface area contributed by atoms with Crippen LogP contribution in [0.15, 0.2) is 48.9 Å². The van der Waals surface area contributed by atoms with Crippen LogP contribution in [-0.2, 0) is 17.8 Å². The van der Waals surface area contributed by atoms with E-state index in [9.17, 15) is 9.18 Å². The topological polar surface area (TPSA) is 96.7 Å². The highest BCUT2D eigenvalue weighted by Crippen LogP contribution is 2.35. The lowest BCUT2D eigenvalue weighted by atomic mass is 9.99. The molecule has 3 aromatic heterocycles. The lowest BCUT2D eigenvalue weighted by molar-refractivity contribution is 0.0341. The van der Waals surface area contributed by atoms with Crippen molar-refractivity contribution < 1.29 is 13.9 Å². The van der Waals surface area contributed by atoms with Crippen LogP contribution in [0, 0.1) is 5.95 Å². The molecular formula is C24H22FN7O2. The first-order chi connectivity index (χ1) is 16.7. The van der Waals surface area contributed by atoms with E-state index in [1.54, 1.807) is 16.8 Å². The fraction of sp³-hybridized carbons (Fsp3) is 0.250. The number of rotatable bonds is 5. The number of carbonyl (C=O) groups excluding carboxylic acids is 1. The third-order valence-electron chi connectivity index (χ3n) is 6.18. The van der Waals surface area contributed by atoms with Crippen molar-refractivity contribution in [2.75, 3.05) is 31.6 Å². The minimum absolute atomic E-state index is 0.152. The number of ether oxygens (including phenoxy) is 1. The summed E-state index contributed by atoms with van der Waals surface area (Å²) in [6.07, 6.45) is 5.09. The smallest absolute Gasteiger partial charge is 0.254 e. The fourth-order valence-corrected chi connectivity index (χ4v) is 4.49. The largest absolute Gasteiger partial charge is 0.379 e. The van der Waals surface area contributed by atoms with Crippen LogP contribution in [0.1, 0.15) is 21.5 Å². The molecule has 0 radical (unpaired) electrons. The second-order valence-electron chi connectivity index (χ2n) is 8.33. The van der Waals surface area contributed by atoms with Gasteiger partial charge in [-0.25, -0.2) is 9.97 Å². The van der Waals surface area contributed by atoms with Gasteiger partial charge in [0.1, 0.15) is 5.82 Å². The number of morpholine rings is 1. The normalized spacial score (nSPS) is 16.0. The van der Waals surface area contributed by atoms with Crippen LogP contribution >= 0.6 is 0 Å². The number of hydrogen-bond acceptors (Lipinski definition) is 7. The zero-order valence-corrected chi connectivity index (χ0v) is 18.3. The number of pyridine rings is 1. The number of carbonyl (C=O) groups is 1. The molecule has 0 unspecified atom stereocenters. The first-order valence-electron chi connectivity index (χ1n) is 11.1. The molecule has 0 atom stereocenters. The molecule has 6 rings (SSSR count). The molecule has 2 aliphatic rings. The minimum Gasteiger partial charge on any atom is -0.379 e. The average Bonchev–Trinajstić information content (AvgIpc) is 3.45. The summed E-state index contributed by atoms with van der Waals surface area (Å²) in [6.45, 7) is 4.60. The molecule has 2 aliphatic heterocycles. The Morgan fingerprint density at radius 3 is 2.79 bits per heavy atom. The van der Waals surface area contributed by atoms with Crippen molar-refractivity contribution in [1.82, 2.24) is 29.6 Å². The van der Waals surface area contributed by atoms with Crippen LogP contribution in [0.2, 0.25) is 0 Å². The molecule has 0 spiro atoms. The van der Waals surface area contributed by atoms with E-state index in [1.807, 2.05) is 30.5 Å². The molecule has 1 amide bonds. The van der Waals surface area contributed by atoms with Crippen molar-refractivity contribution in [3.63, 3.8) is 0 Å². The number of aromatic nitrogens is 4. The minimum atomic E-state index is -0.588. The number of nitrogens with zero attached hydrogens (tertiary/aromatic N) is 5. The third-order valence-corrected chi connectivity index (χ3v) is 6.18. The van der Waals surface area contributed by atoms with E-state index in [2.05, 4.69) is 30.5 Å². The molecule has 34 heavy (non-hydrogen) atoms. The number of benzene rings is 1. The molecule has 10 heteroatoms. The Balaban J connectivity index is 1.28. The van der Waals surface area contributed by atoms with Gasteiger partial charge in [0.2, 0.25) is 11.7 Å². The molecule has 172 valence electrons. The number of anilines is 2. The van der Waals surface area contributed by atoms with Gasteiger partial charge in [-0.3, -0.25) is 14.1 Å². The lowest BCUT2D eigenvalue weighted by Crippen LogP contribution is -2.35. The van der Waals surface area contributed by atoms with E-state index in [0.717, 1.165) is 55.2 Å². The Bertz CT molecular complexity index is 1380. The maximum atomic E-state index is 13.5. The molecule has 2 N–H and O–H groups in total. The number of amides is 1. The highest BCUT2D eigenvalue weighted by Gasteiger charge is 2.27. The van der Waals surface area contributed by atoms with Crippen molar-refractivity contribution in [3.8, 4) is 11.3 Å². The Labute approximate surface area is 194 Å². The molecular weight excluding hydrogens is 437 g/mol. The van der Waals surface area contributed by atoms with Crippen LogP contribution in [0.5, 0.6) is 0 Å². The summed E-state index contributed by atoms with van der Waals surface area (Å²) >= 11 is 0. The van der Waals surface area contributed by atoms with Gasteiger partial charge in [0.05, 0.1) is 36.4 Å². The van der Waals surface area contributed by atoms with Gasteiger partial charge < -0.3 is 15.4 Å². The lowest BCUT2D eigenvalue weighted by Gasteiger charge is -2.26. The van der Waals surface area contributed by atoms with Gasteiger partial charge in [0, 0.05) is 50.2 Å². The predicted octanol–water partition coefficient (Wildman–Crippen LogP) is 2.75. The molecule has 5 heterocycles. The Hall–Kier alpha value is -3.89. The summed E-state index contributed by atoms with van der Waals surface area (Å²) in [5, 5.41) is 6.20. The number of imidazole rings is 1. The number of fused-ring (bicyclic) bond motifs is 2. The molecule has 4 aromatic rings. The van der Waals surface area contributed by atoms with Crippen LogP contribution in [0.25, 0.3) is 17.0 Å². The molecule has 1 saturated heterocycles. The van der Waals surface area contributed by atoms with Crippen LogP contribution in [-0.4, -0.2) is 56.5 Å². The van der Waals surface area contributed by atoms with Crippen LogP contribution < -0.4 is 10.6 Å². The van der Waals surface area contributed by atoms with Gasteiger partial charge in [-0.05, 0) is 23.3 Å². The summed E-state index contributed by atoms with van der Waals surface area (Å²) in [6, 6.07) is 9.05. The first kappa shape index (κ1) is 20.7. The second kappa shape index (κ2) is 8.47. The molecule has 0 aliphatic carbocycles. The number of nitrogens with one attached hydrogen (secondary N) is 2. The molecule has 1 fully saturated rings. The first-order valence-corrected chi connectivity index (χ1v) is 11.1. The van der Waals surface area contributed by atoms with Crippen LogP contribution in [0.4, 0.5) is 15.9 Å². The zero-order chi connectivity index (χ0) is 23.1. The summed E-state index contributed by atoms with van der Waals surface area (Å²) in [4.78, 5) is 27.6. The summed E-state index contributed by atoms with van der Waals surface area (Å²) < 4.78 is 20.6. The molecule has 0 bridgehead atoms. The van der Waals surface area contributed by atoms with Gasteiger partial charge in [0.15, 0.2) is 0 Å². The quantitative estimate of drug-likeness (QED) is 0.443. The van der Waals surface area contributed by atoms with Gasteiger partial charge >= 0.3 is 0 Å². The second-order valence-corrected chi connectivity index (χ2v) is 8.33. The van der Waals surface area contributed by atoms with Crippen molar-refractivity contribution in [1.29, 1.82) is 0 Å². The highest BCUT2D eigenvalue weighted by molar-refractivity contribution is 6.06. The van der Waals surface area contributed by atoms with Gasteiger partial charge in [-0.15, -0.1) is 0 Å². The van der Waals surface area contributed by atoms with Crippen LogP contribution in [0.3, 0.4) is 0 Å². The van der Waals surface area contributed by atoms with E-state index < -0.39 is 5.95 Å². The molecule has 9 nitrogen and oxygen atoms in total. The van der Waals surface area contributed by atoms with Gasteiger partial charge in [-0.2, -0.15) is 9.37 Å². The standard InChI is InChI=1S/C24H22FN7O2/c25-20-5-6-32-19(13-28-24(32)30-20)16-2-3-18(22-17(16)12-27-23(22)33)29-21-4-1-15(11-26-21)14-31-7-9-34-10-8-31/h1-6,11,13H,7-10,12,14H2,(H,26,29)(H,27,33). The highest BCUT2D eigenvalue weighted by atomic mass is 19.1. The third kappa shape index (κ3) is 3.76. The number of halogens is 1. The zero-order valence-electron chi connectivity index (χ0n) is 18.3. The van der Waals surface area contributed by atoms with Crippen molar-refractivity contribution in [2.24, 2.45) is 0 Å². The maximum absolute atomic E-state index is 13.5. The van der Waals surface area contributed by atoms with Crippen molar-refractivity contribution in [2.45, 2.75) is 13.1 Å². The molecule has 1 aromatic carbocycles. The van der Waals surface area contributed by atoms with Crippen molar-refractivity contribution in [3.05, 3.63) is 71.6 Å². The molecule has 0 saturated carbocycles. The summed E-state index contributed by atoms with van der Waals surface area (Å²) in [5.41, 5.74) is 4.82. The SMILES string of the molecule is O=C1NCc2c(-c3cnc4nc(F)ccn34)ccc(Nc3ccc(CN4CCOCC4)cn3)c21. The Morgan fingerprint density at radius 2 is 1.97 bits per heavy atom. The van der Waals surface area contributed by atoms with E-state index in [-0.39, 0.29) is 11.7 Å². The Kier molecular flexibility index (Phi) is 5.16.